The summed E-state index contributed by atoms with van der Waals surface area (Å²) in [5.74, 6) is 0.317. The first kappa shape index (κ1) is 19.5. The minimum atomic E-state index is -0.777. The molecule has 2 heterocycles. The first-order chi connectivity index (χ1) is 14.1. The summed E-state index contributed by atoms with van der Waals surface area (Å²) >= 11 is 0. The number of carbonyl (C=O) groups is 2. The largest absolute Gasteiger partial charge is 0.481 e. The Bertz CT molecular complexity index is 861. The van der Waals surface area contributed by atoms with Crippen LogP contribution in [-0.2, 0) is 9.53 Å². The number of nitrogens with zero attached hydrogens (tertiary/aromatic N) is 1. The van der Waals surface area contributed by atoms with E-state index >= 15 is 0 Å². The third-order valence-corrected chi connectivity index (χ3v) is 5.80. The van der Waals surface area contributed by atoms with E-state index in [1.54, 1.807) is 12.1 Å². The molecule has 2 aromatic carbocycles. The van der Waals surface area contributed by atoms with Gasteiger partial charge in [-0.05, 0) is 55.5 Å². The topological polar surface area (TPSA) is 76.1 Å². The van der Waals surface area contributed by atoms with Crippen molar-refractivity contribution in [3.63, 3.8) is 0 Å². The molecule has 0 aromatic heterocycles. The predicted octanol–water partition coefficient (Wildman–Crippen LogP) is 3.82. The third-order valence-electron chi connectivity index (χ3n) is 5.80. The van der Waals surface area contributed by atoms with Gasteiger partial charge in [0.1, 0.15) is 11.5 Å². The average molecular weight is 395 g/mol. The molecule has 2 aromatic rings. The summed E-state index contributed by atoms with van der Waals surface area (Å²) in [5.41, 5.74) is 0.595. The number of carboxylic acid groups (broad SMARTS) is 1. The molecule has 1 N–H and O–H groups in total. The third kappa shape index (κ3) is 4.43. The summed E-state index contributed by atoms with van der Waals surface area (Å²) in [6, 6.07) is 16.7. The van der Waals surface area contributed by atoms with Gasteiger partial charge in [-0.2, -0.15) is 0 Å². The highest BCUT2D eigenvalue weighted by atomic mass is 16.5. The molecule has 2 atom stereocenters. The van der Waals surface area contributed by atoms with Crippen LogP contribution < -0.4 is 4.74 Å². The van der Waals surface area contributed by atoms with Crippen molar-refractivity contribution in [3.8, 4) is 11.5 Å². The van der Waals surface area contributed by atoms with Crippen LogP contribution in [-0.4, -0.2) is 47.7 Å². The second-order valence-corrected chi connectivity index (χ2v) is 7.64. The minimum Gasteiger partial charge on any atom is -0.481 e. The lowest BCUT2D eigenvalue weighted by molar-refractivity contribution is -0.145. The fourth-order valence-corrected chi connectivity index (χ4v) is 4.27. The second kappa shape index (κ2) is 8.66. The lowest BCUT2D eigenvalue weighted by Crippen LogP contribution is -2.43. The number of carbonyl (C=O) groups excluding carboxylic acids is 1. The van der Waals surface area contributed by atoms with Crippen LogP contribution in [0.4, 0.5) is 0 Å². The molecule has 152 valence electrons. The number of likely N-dealkylation sites (tertiary alicyclic amines) is 1. The Kier molecular flexibility index (Phi) is 5.81. The number of rotatable bonds is 5. The highest BCUT2D eigenvalue weighted by molar-refractivity contribution is 5.94. The van der Waals surface area contributed by atoms with E-state index in [1.165, 1.54) is 0 Å². The number of benzene rings is 2. The Morgan fingerprint density at radius 3 is 2.41 bits per heavy atom. The molecular weight excluding hydrogens is 370 g/mol. The maximum absolute atomic E-state index is 12.9. The molecule has 1 unspecified atom stereocenters. The van der Waals surface area contributed by atoms with E-state index in [1.807, 2.05) is 47.4 Å². The second-order valence-electron chi connectivity index (χ2n) is 7.64. The SMILES string of the molecule is O=C(O)C1CCO[C@H]1C1CCN(C(=O)c2cccc(Oc3ccccc3)c2)CC1. The van der Waals surface area contributed by atoms with Gasteiger partial charge in [0.15, 0.2) is 0 Å². The Morgan fingerprint density at radius 2 is 1.69 bits per heavy atom. The Labute approximate surface area is 170 Å². The number of carboxylic acids is 1. The van der Waals surface area contributed by atoms with Gasteiger partial charge in [-0.1, -0.05) is 24.3 Å². The van der Waals surface area contributed by atoms with Gasteiger partial charge in [-0.15, -0.1) is 0 Å². The fraction of sp³-hybridized carbons (Fsp3) is 0.391. The van der Waals surface area contributed by atoms with Gasteiger partial charge >= 0.3 is 5.97 Å². The maximum Gasteiger partial charge on any atom is 0.309 e. The molecule has 29 heavy (non-hydrogen) atoms. The molecule has 0 bridgehead atoms. The van der Waals surface area contributed by atoms with E-state index in [4.69, 9.17) is 9.47 Å². The Morgan fingerprint density at radius 1 is 0.966 bits per heavy atom. The van der Waals surface area contributed by atoms with Crippen molar-refractivity contribution in [3.05, 3.63) is 60.2 Å². The van der Waals surface area contributed by atoms with Crippen molar-refractivity contribution in [1.29, 1.82) is 0 Å². The van der Waals surface area contributed by atoms with Crippen LogP contribution in [0.3, 0.4) is 0 Å². The summed E-state index contributed by atoms with van der Waals surface area (Å²) in [6.07, 6.45) is 1.88. The monoisotopic (exact) mass is 395 g/mol. The van der Waals surface area contributed by atoms with Gasteiger partial charge in [-0.25, -0.2) is 0 Å². The number of piperidine rings is 1. The van der Waals surface area contributed by atoms with Crippen LogP contribution in [0.15, 0.2) is 54.6 Å². The van der Waals surface area contributed by atoms with Crippen molar-refractivity contribution in [2.45, 2.75) is 25.4 Å². The van der Waals surface area contributed by atoms with Gasteiger partial charge in [0, 0.05) is 25.3 Å². The predicted molar refractivity (Wildman–Crippen MR) is 107 cm³/mol. The van der Waals surface area contributed by atoms with E-state index in [0.29, 0.717) is 37.4 Å². The van der Waals surface area contributed by atoms with E-state index in [2.05, 4.69) is 0 Å². The summed E-state index contributed by atoms with van der Waals surface area (Å²) in [4.78, 5) is 26.2. The number of amides is 1. The standard InChI is InChI=1S/C23H25NO5/c25-22(17-5-4-8-19(15-17)29-18-6-2-1-3-7-18)24-12-9-16(10-13-24)21-20(23(26)27)11-14-28-21/h1-8,15-16,20-21H,9-14H2,(H,26,27)/t20?,21-/m0/s1. The van der Waals surface area contributed by atoms with Gasteiger partial charge < -0.3 is 19.5 Å². The summed E-state index contributed by atoms with van der Waals surface area (Å²) < 4.78 is 11.6. The fourth-order valence-electron chi connectivity index (χ4n) is 4.27. The van der Waals surface area contributed by atoms with Gasteiger partial charge in [0.2, 0.25) is 0 Å². The molecule has 4 rings (SSSR count). The first-order valence-electron chi connectivity index (χ1n) is 10.1. The van der Waals surface area contributed by atoms with Crippen molar-refractivity contribution in [2.75, 3.05) is 19.7 Å². The normalized spacial score (nSPS) is 22.4. The summed E-state index contributed by atoms with van der Waals surface area (Å²) in [7, 11) is 0. The van der Waals surface area contributed by atoms with Gasteiger partial charge in [0.05, 0.1) is 12.0 Å². The van der Waals surface area contributed by atoms with Gasteiger partial charge in [-0.3, -0.25) is 9.59 Å². The van der Waals surface area contributed by atoms with Gasteiger partial charge in [0.25, 0.3) is 5.91 Å². The smallest absolute Gasteiger partial charge is 0.309 e. The molecule has 6 nitrogen and oxygen atoms in total. The van der Waals surface area contributed by atoms with E-state index < -0.39 is 11.9 Å². The molecule has 2 aliphatic heterocycles. The molecule has 1 amide bonds. The quantitative estimate of drug-likeness (QED) is 0.833. The highest BCUT2D eigenvalue weighted by Crippen LogP contribution is 2.33. The zero-order valence-corrected chi connectivity index (χ0v) is 16.2. The van der Waals surface area contributed by atoms with Crippen molar-refractivity contribution < 1.29 is 24.2 Å². The zero-order chi connectivity index (χ0) is 20.2. The highest BCUT2D eigenvalue weighted by Gasteiger charge is 2.40. The van der Waals surface area contributed by atoms with Crippen LogP contribution in [0.2, 0.25) is 0 Å². The molecule has 2 aliphatic rings. The number of hydrogen-bond acceptors (Lipinski definition) is 4. The molecular formula is C23H25NO5. The molecule has 0 spiro atoms. The maximum atomic E-state index is 12.9. The van der Waals surface area contributed by atoms with Crippen LogP contribution in [0.25, 0.3) is 0 Å². The van der Waals surface area contributed by atoms with Crippen molar-refractivity contribution in [1.82, 2.24) is 4.90 Å². The van der Waals surface area contributed by atoms with Crippen LogP contribution >= 0.6 is 0 Å². The van der Waals surface area contributed by atoms with E-state index in [0.717, 1.165) is 18.6 Å². The van der Waals surface area contributed by atoms with Crippen molar-refractivity contribution >= 4 is 11.9 Å². The number of para-hydroxylation sites is 1. The van der Waals surface area contributed by atoms with E-state index in [9.17, 15) is 14.7 Å². The number of hydrogen-bond donors (Lipinski definition) is 1. The number of aliphatic carboxylic acids is 1. The number of ether oxygens (including phenoxy) is 2. The van der Waals surface area contributed by atoms with Crippen molar-refractivity contribution in [2.24, 2.45) is 11.8 Å². The molecule has 0 radical (unpaired) electrons. The molecule has 6 heteroatoms. The van der Waals surface area contributed by atoms with E-state index in [-0.39, 0.29) is 17.9 Å². The summed E-state index contributed by atoms with van der Waals surface area (Å²) in [5, 5.41) is 9.38. The van der Waals surface area contributed by atoms with Crippen LogP contribution in [0, 0.1) is 11.8 Å². The lowest BCUT2D eigenvalue weighted by atomic mass is 9.84. The Balaban J connectivity index is 1.37. The van der Waals surface area contributed by atoms with Crippen LogP contribution in [0.5, 0.6) is 11.5 Å². The first-order valence-corrected chi connectivity index (χ1v) is 10.1. The molecule has 0 aliphatic carbocycles. The molecule has 0 saturated carbocycles. The summed E-state index contributed by atoms with van der Waals surface area (Å²) in [6.45, 7) is 1.73. The molecule has 2 saturated heterocycles. The minimum absolute atomic E-state index is 0.0240. The lowest BCUT2D eigenvalue weighted by Gasteiger charge is -2.35. The zero-order valence-electron chi connectivity index (χ0n) is 16.2. The Hall–Kier alpha value is -2.86. The molecule has 2 fully saturated rings. The van der Waals surface area contributed by atoms with Crippen LogP contribution in [0.1, 0.15) is 29.6 Å². The average Bonchev–Trinajstić information content (AvgIpc) is 3.25.